The number of unbranched alkanes of at least 4 members (excludes halogenated alkanes) is 1. The number of hydrogen-bond acceptors (Lipinski definition) is 4. The lowest BCUT2D eigenvalue weighted by Crippen LogP contribution is -2.54. The van der Waals surface area contributed by atoms with Crippen molar-refractivity contribution in [3.05, 3.63) is 76.5 Å². The zero-order valence-corrected chi connectivity index (χ0v) is 23.2. The molecule has 2 aliphatic rings. The van der Waals surface area contributed by atoms with Crippen LogP contribution < -0.4 is 5.32 Å². The van der Waals surface area contributed by atoms with Gasteiger partial charge in [0.05, 0.1) is 6.04 Å². The van der Waals surface area contributed by atoms with Gasteiger partial charge < -0.3 is 19.9 Å². The molecule has 1 N–H and O–H groups in total. The second kappa shape index (κ2) is 13.6. The molecule has 2 aromatic rings. The van der Waals surface area contributed by atoms with E-state index < -0.39 is 0 Å². The standard InChI is InChI=1S/C32H43N3O3/c1-4-5-19-34(3)20-9-18-33-31(36)27-16-14-25(15-17-27)22-30-32(37)35(23-26-11-8-10-24(2)21-26)28-12-6-7-13-29(28)38-30/h8,10-11,14-17,21-22,28-29H,4-7,9,12-13,18-20,23H2,1-3H3,(H,33,36)/b30-22+. The molecule has 1 saturated heterocycles. The second-order valence-corrected chi connectivity index (χ2v) is 10.8. The van der Waals surface area contributed by atoms with Crippen molar-refractivity contribution in [2.45, 2.75) is 77.5 Å². The quantitative estimate of drug-likeness (QED) is 0.313. The minimum Gasteiger partial charge on any atom is -0.482 e. The summed E-state index contributed by atoms with van der Waals surface area (Å²) in [6, 6.07) is 15.9. The van der Waals surface area contributed by atoms with Crippen LogP contribution in [0.1, 0.15) is 78.9 Å². The summed E-state index contributed by atoms with van der Waals surface area (Å²) < 4.78 is 6.27. The van der Waals surface area contributed by atoms with E-state index in [1.807, 2.05) is 35.2 Å². The molecule has 2 aromatic carbocycles. The van der Waals surface area contributed by atoms with Crippen molar-refractivity contribution in [2.24, 2.45) is 0 Å². The fourth-order valence-corrected chi connectivity index (χ4v) is 5.44. The van der Waals surface area contributed by atoms with E-state index in [4.69, 9.17) is 4.74 Å². The van der Waals surface area contributed by atoms with Crippen molar-refractivity contribution in [1.29, 1.82) is 0 Å². The number of benzene rings is 2. The van der Waals surface area contributed by atoms with Crippen LogP contribution >= 0.6 is 0 Å². The van der Waals surface area contributed by atoms with E-state index in [9.17, 15) is 9.59 Å². The van der Waals surface area contributed by atoms with E-state index in [1.54, 1.807) is 0 Å². The van der Waals surface area contributed by atoms with Crippen LogP contribution in [0.15, 0.2) is 54.3 Å². The molecule has 1 saturated carbocycles. The van der Waals surface area contributed by atoms with Gasteiger partial charge in [0.2, 0.25) is 0 Å². The molecule has 2 fully saturated rings. The lowest BCUT2D eigenvalue weighted by molar-refractivity contribution is -0.149. The Morgan fingerprint density at radius 2 is 1.87 bits per heavy atom. The average molecular weight is 518 g/mol. The fourth-order valence-electron chi connectivity index (χ4n) is 5.44. The van der Waals surface area contributed by atoms with Gasteiger partial charge in [0.15, 0.2) is 5.76 Å². The number of aryl methyl sites for hydroxylation is 1. The Morgan fingerprint density at radius 3 is 2.63 bits per heavy atom. The number of carbonyl (C=O) groups excluding carboxylic acids is 2. The average Bonchev–Trinajstić information content (AvgIpc) is 2.92. The Hall–Kier alpha value is -3.12. The summed E-state index contributed by atoms with van der Waals surface area (Å²) in [7, 11) is 2.13. The Morgan fingerprint density at radius 1 is 1.11 bits per heavy atom. The van der Waals surface area contributed by atoms with Gasteiger partial charge in [-0.25, -0.2) is 0 Å². The number of nitrogens with zero attached hydrogens (tertiary/aromatic N) is 2. The van der Waals surface area contributed by atoms with E-state index in [1.165, 1.54) is 18.4 Å². The summed E-state index contributed by atoms with van der Waals surface area (Å²) in [5, 5.41) is 3.02. The third-order valence-corrected chi connectivity index (χ3v) is 7.62. The zero-order chi connectivity index (χ0) is 26.9. The van der Waals surface area contributed by atoms with E-state index in [-0.39, 0.29) is 24.0 Å². The number of rotatable bonds is 11. The lowest BCUT2D eigenvalue weighted by atomic mass is 9.89. The Kier molecular flexibility index (Phi) is 9.99. The molecule has 6 nitrogen and oxygen atoms in total. The van der Waals surface area contributed by atoms with Gasteiger partial charge in [0.1, 0.15) is 6.10 Å². The molecule has 0 radical (unpaired) electrons. The number of ether oxygens (including phenoxy) is 1. The molecule has 2 amide bonds. The van der Waals surface area contributed by atoms with Gasteiger partial charge in [-0.3, -0.25) is 9.59 Å². The maximum absolute atomic E-state index is 13.6. The number of amides is 2. The van der Waals surface area contributed by atoms with Gasteiger partial charge in [0, 0.05) is 18.7 Å². The van der Waals surface area contributed by atoms with Crippen molar-refractivity contribution >= 4 is 17.9 Å². The van der Waals surface area contributed by atoms with Gasteiger partial charge in [-0.2, -0.15) is 0 Å². The number of carbonyl (C=O) groups is 2. The molecular formula is C32H43N3O3. The molecule has 38 heavy (non-hydrogen) atoms. The van der Waals surface area contributed by atoms with Crippen LogP contribution in [0.25, 0.3) is 6.08 Å². The van der Waals surface area contributed by atoms with Crippen molar-refractivity contribution in [3.63, 3.8) is 0 Å². The number of nitrogens with one attached hydrogen (secondary N) is 1. The molecule has 1 aliphatic heterocycles. The van der Waals surface area contributed by atoms with Crippen molar-refractivity contribution in [3.8, 4) is 0 Å². The van der Waals surface area contributed by atoms with E-state index in [0.717, 1.165) is 56.3 Å². The molecule has 2 atom stereocenters. The van der Waals surface area contributed by atoms with Gasteiger partial charge in [-0.15, -0.1) is 0 Å². The van der Waals surface area contributed by atoms with Gasteiger partial charge in [0.25, 0.3) is 11.8 Å². The highest BCUT2D eigenvalue weighted by molar-refractivity contribution is 5.97. The zero-order valence-electron chi connectivity index (χ0n) is 23.2. The second-order valence-electron chi connectivity index (χ2n) is 10.8. The highest BCUT2D eigenvalue weighted by Gasteiger charge is 2.41. The molecule has 0 spiro atoms. The summed E-state index contributed by atoms with van der Waals surface area (Å²) in [5.74, 6) is 0.269. The fraction of sp³-hybridized carbons (Fsp3) is 0.500. The van der Waals surface area contributed by atoms with Gasteiger partial charge >= 0.3 is 0 Å². The van der Waals surface area contributed by atoms with Crippen LogP contribution in [-0.4, -0.2) is 60.4 Å². The summed E-state index contributed by atoms with van der Waals surface area (Å²) in [5.41, 5.74) is 3.82. The van der Waals surface area contributed by atoms with Crippen LogP contribution in [-0.2, 0) is 16.1 Å². The largest absolute Gasteiger partial charge is 0.482 e. The molecule has 2 unspecified atom stereocenters. The molecule has 204 valence electrons. The first-order chi connectivity index (χ1) is 18.4. The highest BCUT2D eigenvalue weighted by Crippen LogP contribution is 2.34. The summed E-state index contributed by atoms with van der Waals surface area (Å²) in [6.07, 6.45) is 9.38. The maximum atomic E-state index is 13.6. The molecule has 0 bridgehead atoms. The Labute approximate surface area is 228 Å². The van der Waals surface area contributed by atoms with Crippen LogP contribution in [0.2, 0.25) is 0 Å². The first-order valence-corrected chi connectivity index (χ1v) is 14.3. The van der Waals surface area contributed by atoms with Gasteiger partial charge in [-0.05, 0) is 88.5 Å². The van der Waals surface area contributed by atoms with Crippen molar-refractivity contribution < 1.29 is 14.3 Å². The third kappa shape index (κ3) is 7.47. The van der Waals surface area contributed by atoms with Crippen LogP contribution in [0.4, 0.5) is 0 Å². The maximum Gasteiger partial charge on any atom is 0.289 e. The normalized spacial score (nSPS) is 20.4. The molecule has 6 heteroatoms. The summed E-state index contributed by atoms with van der Waals surface area (Å²) >= 11 is 0. The molecule has 1 heterocycles. The first kappa shape index (κ1) is 27.9. The van der Waals surface area contributed by atoms with Crippen LogP contribution in [0.3, 0.4) is 0 Å². The van der Waals surface area contributed by atoms with Crippen LogP contribution in [0, 0.1) is 6.92 Å². The molecule has 1 aliphatic carbocycles. The van der Waals surface area contributed by atoms with Crippen molar-refractivity contribution in [1.82, 2.24) is 15.1 Å². The number of hydrogen-bond donors (Lipinski definition) is 1. The topological polar surface area (TPSA) is 61.9 Å². The summed E-state index contributed by atoms with van der Waals surface area (Å²) in [6.45, 7) is 7.60. The smallest absolute Gasteiger partial charge is 0.289 e. The van der Waals surface area contributed by atoms with Crippen LogP contribution in [0.5, 0.6) is 0 Å². The molecule has 4 rings (SSSR count). The SMILES string of the molecule is CCCCN(C)CCCNC(=O)c1ccc(/C=C2/OC3CCCCC3N(Cc3cccc(C)c3)C2=O)cc1. The summed E-state index contributed by atoms with van der Waals surface area (Å²) in [4.78, 5) is 30.5. The monoisotopic (exact) mass is 517 g/mol. The predicted molar refractivity (Wildman–Crippen MR) is 153 cm³/mol. The Balaban J connectivity index is 1.38. The van der Waals surface area contributed by atoms with Gasteiger partial charge in [-0.1, -0.05) is 61.7 Å². The van der Waals surface area contributed by atoms with Crippen molar-refractivity contribution in [2.75, 3.05) is 26.7 Å². The van der Waals surface area contributed by atoms with E-state index in [0.29, 0.717) is 24.4 Å². The minimum absolute atomic E-state index is 0.0311. The number of fused-ring (bicyclic) bond motifs is 1. The van der Waals surface area contributed by atoms with E-state index >= 15 is 0 Å². The molecular weight excluding hydrogens is 474 g/mol. The lowest BCUT2D eigenvalue weighted by Gasteiger charge is -2.44. The first-order valence-electron chi connectivity index (χ1n) is 14.3. The third-order valence-electron chi connectivity index (χ3n) is 7.62. The molecule has 0 aromatic heterocycles. The minimum atomic E-state index is -0.0696. The highest BCUT2D eigenvalue weighted by atomic mass is 16.5. The predicted octanol–water partition coefficient (Wildman–Crippen LogP) is 5.56. The Bertz CT molecular complexity index is 1110. The van der Waals surface area contributed by atoms with E-state index in [2.05, 4.69) is 55.4 Å². The number of morpholine rings is 1.